The molecule has 0 radical (unpaired) electrons. The number of primary amides is 1. The van der Waals surface area contributed by atoms with E-state index in [1.807, 2.05) is 48.5 Å². The Morgan fingerprint density at radius 1 is 0.754 bits per heavy atom. The number of nitrogens with zero attached hydrogens (tertiary/aromatic N) is 4. The van der Waals surface area contributed by atoms with Gasteiger partial charge in [0.2, 0.25) is 29.5 Å². The highest BCUT2D eigenvalue weighted by atomic mass is 16.6. The Morgan fingerprint density at radius 2 is 1.25 bits per heavy atom. The van der Waals surface area contributed by atoms with E-state index < -0.39 is 111 Å². The number of carboxylic acids is 1. The van der Waals surface area contributed by atoms with Crippen molar-refractivity contribution in [1.82, 2.24) is 30.2 Å². The van der Waals surface area contributed by atoms with Crippen molar-refractivity contribution in [3.05, 3.63) is 59.7 Å². The zero-order chi connectivity index (χ0) is 42.1. The Balaban J connectivity index is 1.22. The van der Waals surface area contributed by atoms with Crippen molar-refractivity contribution >= 4 is 47.5 Å². The summed E-state index contributed by atoms with van der Waals surface area (Å²) in [5, 5.41) is 35.3. The molecule has 1 heterocycles. The molecule has 0 aromatic heterocycles. The largest absolute Gasteiger partial charge is 0.480 e. The van der Waals surface area contributed by atoms with Gasteiger partial charge in [0.25, 0.3) is 5.91 Å². The van der Waals surface area contributed by atoms with E-state index in [9.17, 15) is 53.7 Å². The van der Waals surface area contributed by atoms with E-state index in [1.165, 1.54) is 28.2 Å². The van der Waals surface area contributed by atoms with Crippen molar-refractivity contribution in [1.29, 1.82) is 0 Å². The van der Waals surface area contributed by atoms with E-state index >= 15 is 0 Å². The average Bonchev–Trinajstić information content (AvgIpc) is 3.63. The maximum absolute atomic E-state index is 13.1. The van der Waals surface area contributed by atoms with Crippen LogP contribution < -0.4 is 16.4 Å². The smallest absolute Gasteiger partial charge is 0.407 e. The Labute approximate surface area is 327 Å². The SMILES string of the molecule is CN(CC(N)=O)C(=O)CN(C)C(=O)CN(C)C(=O)CN(C)C(=O)[C@H]1OC(NC(=O)CC[C@H](NC(=O)OCC2c3ccccc3-c3ccccc32)C(=O)O)[C@H](O)[C@@H]1O. The summed E-state index contributed by atoms with van der Waals surface area (Å²) in [4.78, 5) is 103. The number of amides is 7. The molecule has 4 rings (SSSR count). The Bertz CT molecular complexity index is 1830. The summed E-state index contributed by atoms with van der Waals surface area (Å²) in [6.45, 7) is -1.85. The van der Waals surface area contributed by atoms with E-state index in [0.717, 1.165) is 41.9 Å². The lowest BCUT2D eigenvalue weighted by atomic mass is 9.98. The van der Waals surface area contributed by atoms with Crippen molar-refractivity contribution in [3.8, 4) is 11.1 Å². The molecule has 7 N–H and O–H groups in total. The summed E-state index contributed by atoms with van der Waals surface area (Å²) in [5.41, 5.74) is 9.02. The van der Waals surface area contributed by atoms with Gasteiger partial charge in [-0.15, -0.1) is 0 Å². The van der Waals surface area contributed by atoms with Gasteiger partial charge in [-0.3, -0.25) is 28.8 Å². The van der Waals surface area contributed by atoms with Gasteiger partial charge in [-0.25, -0.2) is 9.59 Å². The van der Waals surface area contributed by atoms with Crippen LogP contribution in [0.5, 0.6) is 0 Å². The number of nitrogens with two attached hydrogens (primary N) is 1. The van der Waals surface area contributed by atoms with E-state index in [2.05, 4.69) is 10.6 Å². The lowest BCUT2D eigenvalue weighted by Gasteiger charge is -2.26. The number of hydrogen-bond acceptors (Lipinski definition) is 12. The predicted octanol–water partition coefficient (Wildman–Crippen LogP) is -2.36. The lowest BCUT2D eigenvalue weighted by molar-refractivity contribution is -0.151. The summed E-state index contributed by atoms with van der Waals surface area (Å²) in [6.07, 6.45) is -8.80. The molecule has 1 unspecified atom stereocenters. The van der Waals surface area contributed by atoms with Crippen LogP contribution in [0, 0.1) is 0 Å². The minimum absolute atomic E-state index is 0.0632. The van der Waals surface area contributed by atoms with Crippen LogP contribution in [-0.4, -0.2) is 174 Å². The molecular formula is C37H47N7O13. The summed E-state index contributed by atoms with van der Waals surface area (Å²) < 4.78 is 10.8. The summed E-state index contributed by atoms with van der Waals surface area (Å²) in [7, 11) is 5.15. The molecule has 0 spiro atoms. The van der Waals surface area contributed by atoms with Crippen LogP contribution in [0.1, 0.15) is 29.9 Å². The van der Waals surface area contributed by atoms with Gasteiger partial charge in [-0.05, 0) is 28.7 Å². The van der Waals surface area contributed by atoms with E-state index in [-0.39, 0.29) is 19.1 Å². The minimum Gasteiger partial charge on any atom is -0.480 e. The van der Waals surface area contributed by atoms with Crippen molar-refractivity contribution in [2.45, 2.75) is 49.3 Å². The van der Waals surface area contributed by atoms with Gasteiger partial charge in [0.1, 0.15) is 24.9 Å². The summed E-state index contributed by atoms with van der Waals surface area (Å²) in [5.74, 6) is -6.11. The highest BCUT2D eigenvalue weighted by Crippen LogP contribution is 2.44. The number of nitrogens with one attached hydrogen (secondary N) is 2. The number of ether oxygens (including phenoxy) is 2. The van der Waals surface area contributed by atoms with Crippen LogP contribution in [0.25, 0.3) is 11.1 Å². The number of aliphatic hydroxyl groups excluding tert-OH is 2. The first-order valence-electron chi connectivity index (χ1n) is 17.8. The molecule has 2 aromatic carbocycles. The Hall–Kier alpha value is -6.12. The molecule has 57 heavy (non-hydrogen) atoms. The number of aliphatic hydroxyl groups is 2. The summed E-state index contributed by atoms with van der Waals surface area (Å²) in [6, 6.07) is 13.8. The first kappa shape index (κ1) is 43.6. The molecule has 1 aliphatic heterocycles. The zero-order valence-corrected chi connectivity index (χ0v) is 31.8. The lowest BCUT2D eigenvalue weighted by Crippen LogP contribution is -2.49. The number of carbonyl (C=O) groups is 8. The number of aliphatic carboxylic acids is 1. The number of carboxylic acid groups (broad SMARTS) is 1. The van der Waals surface area contributed by atoms with Gasteiger partial charge in [-0.2, -0.15) is 0 Å². The fourth-order valence-corrected chi connectivity index (χ4v) is 6.31. The molecule has 2 aliphatic rings. The topological polar surface area (TPSA) is 279 Å². The molecule has 1 aliphatic carbocycles. The second-order valence-corrected chi connectivity index (χ2v) is 13.8. The molecule has 20 heteroatoms. The van der Waals surface area contributed by atoms with Crippen LogP contribution in [0.4, 0.5) is 4.79 Å². The fraction of sp³-hybridized carbons (Fsp3) is 0.459. The van der Waals surface area contributed by atoms with Gasteiger partial charge >= 0.3 is 12.1 Å². The van der Waals surface area contributed by atoms with Gasteiger partial charge in [0, 0.05) is 40.5 Å². The number of rotatable bonds is 17. The van der Waals surface area contributed by atoms with Crippen LogP contribution in [-0.2, 0) is 43.0 Å². The predicted molar refractivity (Wildman–Crippen MR) is 197 cm³/mol. The van der Waals surface area contributed by atoms with Gasteiger partial charge < -0.3 is 60.8 Å². The minimum atomic E-state index is -1.83. The average molecular weight is 798 g/mol. The highest BCUT2D eigenvalue weighted by Gasteiger charge is 2.48. The van der Waals surface area contributed by atoms with Crippen molar-refractivity contribution in [2.24, 2.45) is 5.73 Å². The maximum atomic E-state index is 13.1. The molecular weight excluding hydrogens is 750 g/mol. The van der Waals surface area contributed by atoms with E-state index in [4.69, 9.17) is 15.2 Å². The van der Waals surface area contributed by atoms with Gasteiger partial charge in [-0.1, -0.05) is 48.5 Å². The third-order valence-corrected chi connectivity index (χ3v) is 9.57. The molecule has 5 atom stereocenters. The molecule has 2 aromatic rings. The number of hydrogen-bond donors (Lipinski definition) is 6. The molecule has 1 saturated heterocycles. The number of fused-ring (bicyclic) bond motifs is 3. The van der Waals surface area contributed by atoms with Crippen LogP contribution >= 0.6 is 0 Å². The number of benzene rings is 2. The molecule has 1 fully saturated rings. The first-order valence-corrected chi connectivity index (χ1v) is 17.8. The summed E-state index contributed by atoms with van der Waals surface area (Å²) >= 11 is 0. The monoisotopic (exact) mass is 797 g/mol. The van der Waals surface area contributed by atoms with E-state index in [0.29, 0.717) is 0 Å². The van der Waals surface area contributed by atoms with Gasteiger partial charge in [0.05, 0.1) is 26.2 Å². The van der Waals surface area contributed by atoms with Crippen LogP contribution in [0.3, 0.4) is 0 Å². The third kappa shape index (κ3) is 11.0. The quantitative estimate of drug-likeness (QED) is 0.0979. The molecule has 0 bridgehead atoms. The number of carbonyl (C=O) groups excluding carboxylic acids is 7. The number of likely N-dealkylation sites (N-methyl/N-ethyl adjacent to an activating group) is 4. The van der Waals surface area contributed by atoms with Gasteiger partial charge in [0.15, 0.2) is 12.3 Å². The van der Waals surface area contributed by atoms with Crippen LogP contribution in [0.15, 0.2) is 48.5 Å². The number of alkyl carbamates (subject to hydrolysis) is 1. The second kappa shape index (κ2) is 19.2. The van der Waals surface area contributed by atoms with Crippen LogP contribution in [0.2, 0.25) is 0 Å². The third-order valence-electron chi connectivity index (χ3n) is 9.57. The maximum Gasteiger partial charge on any atom is 0.407 e. The normalized spacial score (nSPS) is 18.6. The van der Waals surface area contributed by atoms with Crippen molar-refractivity contribution in [3.63, 3.8) is 0 Å². The molecule has 20 nitrogen and oxygen atoms in total. The molecule has 0 saturated carbocycles. The van der Waals surface area contributed by atoms with Crippen molar-refractivity contribution in [2.75, 3.05) is 61.0 Å². The molecule has 308 valence electrons. The second-order valence-electron chi connectivity index (χ2n) is 13.8. The Kier molecular flexibility index (Phi) is 14.7. The van der Waals surface area contributed by atoms with E-state index in [1.54, 1.807) is 0 Å². The van der Waals surface area contributed by atoms with Crippen molar-refractivity contribution < 1.29 is 63.1 Å². The Morgan fingerprint density at radius 3 is 1.75 bits per heavy atom. The molecule has 7 amide bonds. The highest BCUT2D eigenvalue weighted by molar-refractivity contribution is 5.91. The standard InChI is InChI=1S/C37H47N7O13/c1-41(15-26(38)45)28(47)16-42(2)29(48)17-43(3)30(49)18-44(4)35(52)33-31(50)32(51)34(57-33)40-27(46)14-13-25(36(53)54)39-37(55)56-19-24-22-11-7-5-9-20(22)21-10-6-8-12-23(21)24/h5-12,24-25,31-34,50-51H,13-19H2,1-4H3,(H2,38,45)(H,39,55)(H,40,46)(H,53,54)/t25-,31-,32+,33-,34?/m0/s1. The first-order chi connectivity index (χ1) is 26.9. The fourth-order valence-electron chi connectivity index (χ4n) is 6.31. The zero-order valence-electron chi connectivity index (χ0n) is 31.8.